The first-order valence-corrected chi connectivity index (χ1v) is 13.9. The third kappa shape index (κ3) is 7.52. The molecule has 0 heterocycles. The maximum Gasteiger partial charge on any atom is 0.269 e. The molecule has 0 saturated heterocycles. The van der Waals surface area contributed by atoms with Crippen LogP contribution in [-0.4, -0.2) is 42.3 Å². The van der Waals surface area contributed by atoms with Gasteiger partial charge in [0.2, 0.25) is 15.9 Å². The molecule has 0 atom stereocenters. The summed E-state index contributed by atoms with van der Waals surface area (Å²) in [6.07, 6.45) is -0.247. The minimum absolute atomic E-state index is 0.0247. The number of methoxy groups -OCH3 is 1. The van der Waals surface area contributed by atoms with E-state index in [2.05, 4.69) is 20.3 Å². The zero-order chi connectivity index (χ0) is 27.1. The Kier molecular flexibility index (Phi) is 8.86. The lowest BCUT2D eigenvalue weighted by molar-refractivity contribution is -0.121. The number of para-hydroxylation sites is 2. The van der Waals surface area contributed by atoms with E-state index in [1.54, 1.807) is 37.3 Å². The average molecular weight is 547 g/mol. The fourth-order valence-electron chi connectivity index (χ4n) is 3.16. The van der Waals surface area contributed by atoms with Crippen LogP contribution in [0.4, 0.5) is 5.69 Å². The number of hydrazine groups is 1. The van der Waals surface area contributed by atoms with Crippen LogP contribution in [0.1, 0.15) is 22.3 Å². The molecule has 13 heteroatoms. The van der Waals surface area contributed by atoms with E-state index < -0.39 is 31.9 Å². The summed E-state index contributed by atoms with van der Waals surface area (Å²) in [7, 11) is -6.43. The second-order valence-electron chi connectivity index (χ2n) is 7.80. The molecule has 0 bridgehead atoms. The number of sulfonamides is 2. The van der Waals surface area contributed by atoms with Crippen LogP contribution in [0.2, 0.25) is 0 Å². The average Bonchev–Trinajstić information content (AvgIpc) is 2.87. The summed E-state index contributed by atoms with van der Waals surface area (Å²) in [5, 5.41) is 0. The van der Waals surface area contributed by atoms with Crippen molar-refractivity contribution in [1.29, 1.82) is 0 Å². The Labute approximate surface area is 215 Å². The summed E-state index contributed by atoms with van der Waals surface area (Å²) >= 11 is 0. The van der Waals surface area contributed by atoms with E-state index in [9.17, 15) is 26.4 Å². The van der Waals surface area contributed by atoms with Crippen LogP contribution in [0.15, 0.2) is 82.6 Å². The van der Waals surface area contributed by atoms with Crippen LogP contribution in [0, 0.1) is 6.92 Å². The Morgan fingerprint density at radius 2 is 1.49 bits per heavy atom. The smallest absolute Gasteiger partial charge is 0.269 e. The number of nitrogens with one attached hydrogen (secondary N) is 4. The molecule has 0 radical (unpaired) electrons. The van der Waals surface area contributed by atoms with E-state index >= 15 is 0 Å². The SMILES string of the molecule is COc1ccccc1NS(=O)(=O)c1cccc(C(=O)NNC(=O)CCNS(=O)(=O)c2cccc(C)c2)c1. The van der Waals surface area contributed by atoms with E-state index in [0.29, 0.717) is 5.75 Å². The highest BCUT2D eigenvalue weighted by molar-refractivity contribution is 7.92. The molecule has 37 heavy (non-hydrogen) atoms. The highest BCUT2D eigenvalue weighted by Crippen LogP contribution is 2.26. The molecule has 0 unspecified atom stereocenters. The lowest BCUT2D eigenvalue weighted by atomic mass is 10.2. The van der Waals surface area contributed by atoms with Crippen LogP contribution in [0.3, 0.4) is 0 Å². The van der Waals surface area contributed by atoms with Gasteiger partial charge in [0.15, 0.2) is 0 Å². The molecule has 0 spiro atoms. The Morgan fingerprint density at radius 3 is 2.19 bits per heavy atom. The molecule has 0 aliphatic carbocycles. The molecule has 0 fully saturated rings. The first-order chi connectivity index (χ1) is 17.5. The van der Waals surface area contributed by atoms with E-state index in [-0.39, 0.29) is 34.0 Å². The van der Waals surface area contributed by atoms with Crippen molar-refractivity contribution in [2.75, 3.05) is 18.4 Å². The van der Waals surface area contributed by atoms with Crippen molar-refractivity contribution in [3.8, 4) is 5.75 Å². The summed E-state index contributed by atoms with van der Waals surface area (Å²) in [5.41, 5.74) is 5.33. The lowest BCUT2D eigenvalue weighted by Crippen LogP contribution is -2.42. The van der Waals surface area contributed by atoms with Gasteiger partial charge in [-0.05, 0) is 55.0 Å². The Morgan fingerprint density at radius 1 is 0.811 bits per heavy atom. The molecule has 4 N–H and O–H groups in total. The van der Waals surface area contributed by atoms with Crippen molar-refractivity contribution in [3.63, 3.8) is 0 Å². The van der Waals surface area contributed by atoms with Gasteiger partial charge < -0.3 is 4.74 Å². The number of anilines is 1. The predicted molar refractivity (Wildman–Crippen MR) is 137 cm³/mol. The first kappa shape index (κ1) is 27.6. The fraction of sp³-hybridized carbons (Fsp3) is 0.167. The molecular formula is C24H26N4O7S2. The van der Waals surface area contributed by atoms with Crippen LogP contribution in [0.25, 0.3) is 0 Å². The summed E-state index contributed by atoms with van der Waals surface area (Å²) in [6, 6.07) is 18.0. The lowest BCUT2D eigenvalue weighted by Gasteiger charge is -2.12. The summed E-state index contributed by atoms with van der Waals surface area (Å²) < 4.78 is 60.1. The van der Waals surface area contributed by atoms with Gasteiger partial charge in [0, 0.05) is 18.5 Å². The molecule has 0 aromatic heterocycles. The highest BCUT2D eigenvalue weighted by atomic mass is 32.2. The topological polar surface area (TPSA) is 160 Å². The third-order valence-electron chi connectivity index (χ3n) is 5.02. The van der Waals surface area contributed by atoms with Crippen molar-refractivity contribution in [1.82, 2.24) is 15.6 Å². The zero-order valence-electron chi connectivity index (χ0n) is 20.0. The number of aryl methyl sites for hydroxylation is 1. The molecule has 3 aromatic rings. The number of amides is 2. The third-order valence-corrected chi connectivity index (χ3v) is 7.84. The van der Waals surface area contributed by atoms with E-state index in [1.807, 2.05) is 0 Å². The number of carbonyl (C=O) groups is 2. The van der Waals surface area contributed by atoms with Crippen LogP contribution < -0.4 is 25.0 Å². The van der Waals surface area contributed by atoms with E-state index in [1.165, 1.54) is 43.5 Å². The van der Waals surface area contributed by atoms with Crippen molar-refractivity contribution < 1.29 is 31.2 Å². The number of benzene rings is 3. The first-order valence-electron chi connectivity index (χ1n) is 10.9. The maximum atomic E-state index is 12.8. The Bertz CT molecular complexity index is 1510. The van der Waals surface area contributed by atoms with Gasteiger partial charge in [0.1, 0.15) is 5.75 Å². The number of carbonyl (C=O) groups excluding carboxylic acids is 2. The fourth-order valence-corrected chi connectivity index (χ4v) is 5.42. The maximum absolute atomic E-state index is 12.8. The monoisotopic (exact) mass is 546 g/mol. The minimum atomic E-state index is -4.05. The van der Waals surface area contributed by atoms with Crippen molar-refractivity contribution >= 4 is 37.5 Å². The summed E-state index contributed by atoms with van der Waals surface area (Å²) in [6.45, 7) is 1.57. The Balaban J connectivity index is 1.55. The van der Waals surface area contributed by atoms with Crippen LogP contribution >= 0.6 is 0 Å². The van der Waals surface area contributed by atoms with Crippen molar-refractivity contribution in [2.24, 2.45) is 0 Å². The molecule has 3 rings (SSSR count). The van der Waals surface area contributed by atoms with Crippen molar-refractivity contribution in [2.45, 2.75) is 23.1 Å². The molecule has 0 aliphatic rings. The minimum Gasteiger partial charge on any atom is -0.495 e. The second kappa shape index (κ2) is 11.9. The second-order valence-corrected chi connectivity index (χ2v) is 11.2. The van der Waals surface area contributed by atoms with Crippen molar-refractivity contribution in [3.05, 3.63) is 83.9 Å². The van der Waals surface area contributed by atoms with Gasteiger partial charge in [-0.3, -0.25) is 25.2 Å². The van der Waals surface area contributed by atoms with Crippen LogP contribution in [0.5, 0.6) is 5.75 Å². The van der Waals surface area contributed by atoms with E-state index in [4.69, 9.17) is 4.74 Å². The summed E-state index contributed by atoms with van der Waals surface area (Å²) in [4.78, 5) is 24.4. The van der Waals surface area contributed by atoms with Gasteiger partial charge >= 0.3 is 0 Å². The molecule has 3 aromatic carbocycles. The molecule has 11 nitrogen and oxygen atoms in total. The van der Waals surface area contributed by atoms with Gasteiger partial charge in [-0.2, -0.15) is 0 Å². The number of rotatable bonds is 10. The van der Waals surface area contributed by atoms with Gasteiger partial charge in [-0.25, -0.2) is 21.6 Å². The summed E-state index contributed by atoms with van der Waals surface area (Å²) in [5.74, 6) is -1.09. The quantitative estimate of drug-likeness (QED) is 0.283. The van der Waals surface area contributed by atoms with Gasteiger partial charge in [0.25, 0.3) is 15.9 Å². The zero-order valence-corrected chi connectivity index (χ0v) is 21.6. The van der Waals surface area contributed by atoms with Crippen LogP contribution in [-0.2, 0) is 24.8 Å². The Hall–Kier alpha value is -3.94. The number of ether oxygens (including phenoxy) is 1. The molecule has 0 saturated carbocycles. The van der Waals surface area contributed by atoms with E-state index in [0.717, 1.165) is 11.6 Å². The standard InChI is InChI=1S/C24H26N4O7S2/c1-17-7-5-9-19(15-17)36(31,32)25-14-13-23(29)26-27-24(30)18-8-6-10-20(16-18)37(33,34)28-21-11-3-4-12-22(21)35-2/h3-12,15-16,25,28H,13-14H2,1-2H3,(H,26,29)(H,27,30). The molecule has 196 valence electrons. The van der Waals surface area contributed by atoms with Gasteiger partial charge in [-0.15, -0.1) is 0 Å². The number of hydrogen-bond donors (Lipinski definition) is 4. The molecular weight excluding hydrogens is 520 g/mol. The number of hydrogen-bond acceptors (Lipinski definition) is 7. The predicted octanol–water partition coefficient (Wildman–Crippen LogP) is 1.93. The highest BCUT2D eigenvalue weighted by Gasteiger charge is 2.19. The van der Waals surface area contributed by atoms with Gasteiger partial charge in [0.05, 0.1) is 22.6 Å². The molecule has 2 amide bonds. The van der Waals surface area contributed by atoms with Gasteiger partial charge in [-0.1, -0.05) is 30.3 Å². The normalized spacial score (nSPS) is 11.4. The molecule has 0 aliphatic heterocycles. The largest absolute Gasteiger partial charge is 0.495 e.